The fraction of sp³-hybridized carbons (Fsp3) is 0.125. The number of aliphatic hydroxyl groups is 1. The second kappa shape index (κ2) is 8.71. The van der Waals surface area contributed by atoms with Crippen molar-refractivity contribution in [2.24, 2.45) is 0 Å². The van der Waals surface area contributed by atoms with Gasteiger partial charge in [0.1, 0.15) is 23.9 Å². The van der Waals surface area contributed by atoms with Crippen molar-refractivity contribution in [2.75, 3.05) is 6.61 Å². The highest BCUT2D eigenvalue weighted by atomic mass is 16.5. The van der Waals surface area contributed by atoms with Crippen LogP contribution in [0.15, 0.2) is 89.8 Å². The predicted octanol–water partition coefficient (Wildman–Crippen LogP) is 3.86. The molecule has 31 heavy (non-hydrogen) atoms. The third-order valence-corrected chi connectivity index (χ3v) is 4.94. The van der Waals surface area contributed by atoms with Crippen molar-refractivity contribution < 1.29 is 23.8 Å². The number of Topliss-reactive ketones (excluding diaryl/α,β-unsaturated/α-hetero) is 1. The number of ketones is 1. The van der Waals surface area contributed by atoms with Gasteiger partial charge in [0, 0.05) is 18.0 Å². The van der Waals surface area contributed by atoms with E-state index in [2.05, 4.69) is 11.6 Å². The summed E-state index contributed by atoms with van der Waals surface area (Å²) >= 11 is 0. The van der Waals surface area contributed by atoms with E-state index in [-0.39, 0.29) is 17.9 Å². The number of nitrogens with zero attached hydrogens (tertiary/aromatic N) is 2. The summed E-state index contributed by atoms with van der Waals surface area (Å²) in [7, 11) is 0. The molecular formula is C24H20N2O5. The van der Waals surface area contributed by atoms with Crippen LogP contribution in [0.1, 0.15) is 22.9 Å². The fourth-order valence-corrected chi connectivity index (χ4v) is 3.52. The lowest BCUT2D eigenvalue weighted by Crippen LogP contribution is -2.29. The Hall–Kier alpha value is -4.13. The molecule has 7 heteroatoms. The Labute approximate surface area is 178 Å². The minimum absolute atomic E-state index is 0.00400. The van der Waals surface area contributed by atoms with Gasteiger partial charge in [-0.25, -0.2) is 0 Å². The van der Waals surface area contributed by atoms with Gasteiger partial charge in [0.25, 0.3) is 11.7 Å². The number of likely N-dealkylation sites (tertiary alicyclic amines) is 1. The highest BCUT2D eigenvalue weighted by molar-refractivity contribution is 6.46. The molecule has 1 saturated heterocycles. The van der Waals surface area contributed by atoms with E-state index >= 15 is 0 Å². The first-order chi connectivity index (χ1) is 15.1. The van der Waals surface area contributed by atoms with Crippen LogP contribution in [0.5, 0.6) is 5.75 Å². The lowest BCUT2D eigenvalue weighted by atomic mass is 9.96. The highest BCUT2D eigenvalue weighted by Crippen LogP contribution is 2.40. The van der Waals surface area contributed by atoms with Crippen LogP contribution in [0.2, 0.25) is 0 Å². The van der Waals surface area contributed by atoms with Crippen LogP contribution in [-0.2, 0) is 16.1 Å². The topological polar surface area (TPSA) is 92.9 Å². The molecule has 1 aliphatic heterocycles. The molecule has 0 radical (unpaired) electrons. The van der Waals surface area contributed by atoms with E-state index in [0.29, 0.717) is 29.2 Å². The molecule has 1 aromatic carbocycles. The third kappa shape index (κ3) is 3.98. The number of amides is 1. The van der Waals surface area contributed by atoms with Crippen LogP contribution in [-0.4, -0.2) is 33.3 Å². The van der Waals surface area contributed by atoms with Crippen molar-refractivity contribution in [2.45, 2.75) is 12.6 Å². The number of pyridine rings is 1. The molecule has 2 aromatic heterocycles. The molecule has 0 saturated carbocycles. The van der Waals surface area contributed by atoms with Crippen molar-refractivity contribution in [1.82, 2.24) is 9.88 Å². The summed E-state index contributed by atoms with van der Waals surface area (Å²) in [6.07, 6.45) is 6.30. The summed E-state index contributed by atoms with van der Waals surface area (Å²) in [5.74, 6) is -0.606. The quantitative estimate of drug-likeness (QED) is 0.272. The van der Waals surface area contributed by atoms with Gasteiger partial charge >= 0.3 is 0 Å². The Bertz CT molecular complexity index is 1120. The minimum atomic E-state index is -0.796. The molecule has 0 unspecified atom stereocenters. The Morgan fingerprint density at radius 2 is 2.00 bits per heavy atom. The standard InChI is InChI=1S/C24H20N2O5/c1-2-12-30-18-9-7-16(8-10-18)22(27)20-21(17-5-3-11-25-14-17)26(24(29)23(20)28)15-19-6-4-13-31-19/h2-11,13-14,21,27H,1,12,15H2/t21-/m1/s1. The number of furan rings is 1. The maximum absolute atomic E-state index is 13.0. The number of hydrogen-bond donors (Lipinski definition) is 1. The van der Waals surface area contributed by atoms with Gasteiger partial charge in [-0.05, 0) is 48.0 Å². The minimum Gasteiger partial charge on any atom is -0.507 e. The molecule has 7 nitrogen and oxygen atoms in total. The molecular weight excluding hydrogens is 396 g/mol. The molecule has 156 valence electrons. The van der Waals surface area contributed by atoms with Crippen molar-refractivity contribution in [3.8, 4) is 5.75 Å². The van der Waals surface area contributed by atoms with Crippen LogP contribution < -0.4 is 4.74 Å². The molecule has 1 aliphatic rings. The average Bonchev–Trinajstić information content (AvgIpc) is 3.40. The van der Waals surface area contributed by atoms with Crippen LogP contribution in [0.4, 0.5) is 0 Å². The Balaban J connectivity index is 1.77. The zero-order valence-corrected chi connectivity index (χ0v) is 16.6. The van der Waals surface area contributed by atoms with E-state index in [1.807, 2.05) is 0 Å². The highest BCUT2D eigenvalue weighted by Gasteiger charge is 2.46. The summed E-state index contributed by atoms with van der Waals surface area (Å²) in [6, 6.07) is 12.7. The second-order valence-corrected chi connectivity index (χ2v) is 6.92. The van der Waals surface area contributed by atoms with Crippen LogP contribution in [0.25, 0.3) is 5.76 Å². The van der Waals surface area contributed by atoms with Crippen molar-refractivity contribution in [3.63, 3.8) is 0 Å². The maximum Gasteiger partial charge on any atom is 0.296 e. The van der Waals surface area contributed by atoms with E-state index in [9.17, 15) is 14.7 Å². The van der Waals surface area contributed by atoms with E-state index < -0.39 is 17.7 Å². The van der Waals surface area contributed by atoms with Crippen molar-refractivity contribution in [3.05, 3.63) is 102 Å². The Morgan fingerprint density at radius 3 is 2.65 bits per heavy atom. The summed E-state index contributed by atoms with van der Waals surface area (Å²) in [4.78, 5) is 31.3. The summed E-state index contributed by atoms with van der Waals surface area (Å²) in [5, 5.41) is 11.0. The number of carbonyl (C=O) groups excluding carboxylic acids is 2. The second-order valence-electron chi connectivity index (χ2n) is 6.92. The number of hydrogen-bond acceptors (Lipinski definition) is 6. The maximum atomic E-state index is 13.0. The number of rotatable bonds is 7. The number of aromatic nitrogens is 1. The predicted molar refractivity (Wildman–Crippen MR) is 113 cm³/mol. The van der Waals surface area contributed by atoms with Crippen LogP contribution >= 0.6 is 0 Å². The first kappa shape index (κ1) is 20.2. The molecule has 4 rings (SSSR count). The van der Waals surface area contributed by atoms with Crippen molar-refractivity contribution in [1.29, 1.82) is 0 Å². The SMILES string of the molecule is C=CCOc1ccc(C(O)=C2C(=O)C(=O)N(Cc3ccco3)[C@@H]2c2cccnc2)cc1. The van der Waals surface area contributed by atoms with E-state index in [1.165, 1.54) is 11.2 Å². The molecule has 1 atom stereocenters. The molecule has 0 spiro atoms. The molecule has 0 aliphatic carbocycles. The molecule has 0 bridgehead atoms. The van der Waals surface area contributed by atoms with Gasteiger partial charge in [-0.3, -0.25) is 14.6 Å². The fourth-order valence-electron chi connectivity index (χ4n) is 3.52. The van der Waals surface area contributed by atoms with Gasteiger partial charge < -0.3 is 19.2 Å². The lowest BCUT2D eigenvalue weighted by Gasteiger charge is -2.24. The Kier molecular flexibility index (Phi) is 5.66. The molecule has 1 fully saturated rings. The smallest absolute Gasteiger partial charge is 0.296 e. The number of benzene rings is 1. The van der Waals surface area contributed by atoms with Gasteiger partial charge in [0.2, 0.25) is 0 Å². The van der Waals surface area contributed by atoms with Gasteiger partial charge in [-0.1, -0.05) is 18.7 Å². The number of aliphatic hydroxyl groups excluding tert-OH is 1. The van der Waals surface area contributed by atoms with Gasteiger partial charge in [-0.2, -0.15) is 0 Å². The zero-order chi connectivity index (χ0) is 21.8. The summed E-state index contributed by atoms with van der Waals surface area (Å²) < 4.78 is 10.8. The Morgan fingerprint density at radius 1 is 1.19 bits per heavy atom. The first-order valence-electron chi connectivity index (χ1n) is 9.65. The third-order valence-electron chi connectivity index (χ3n) is 4.94. The van der Waals surface area contributed by atoms with E-state index in [0.717, 1.165) is 0 Å². The molecule has 3 aromatic rings. The monoisotopic (exact) mass is 416 g/mol. The lowest BCUT2D eigenvalue weighted by molar-refractivity contribution is -0.140. The van der Waals surface area contributed by atoms with Gasteiger partial charge in [-0.15, -0.1) is 0 Å². The summed E-state index contributed by atoms with van der Waals surface area (Å²) in [5.41, 5.74) is 1.01. The van der Waals surface area contributed by atoms with Crippen LogP contribution in [0, 0.1) is 0 Å². The number of ether oxygens (including phenoxy) is 1. The number of carbonyl (C=O) groups is 2. The average molecular weight is 416 g/mol. The van der Waals surface area contributed by atoms with Gasteiger partial charge in [0.15, 0.2) is 0 Å². The van der Waals surface area contributed by atoms with E-state index in [4.69, 9.17) is 9.15 Å². The first-order valence-corrected chi connectivity index (χ1v) is 9.65. The zero-order valence-electron chi connectivity index (χ0n) is 16.6. The summed E-state index contributed by atoms with van der Waals surface area (Å²) in [6.45, 7) is 4.04. The van der Waals surface area contributed by atoms with Crippen molar-refractivity contribution >= 4 is 17.4 Å². The normalized spacial score (nSPS) is 17.7. The van der Waals surface area contributed by atoms with E-state index in [1.54, 1.807) is 67.0 Å². The van der Waals surface area contributed by atoms with Crippen LogP contribution in [0.3, 0.4) is 0 Å². The molecule has 1 N–H and O–H groups in total. The molecule has 1 amide bonds. The van der Waals surface area contributed by atoms with Gasteiger partial charge in [0.05, 0.1) is 24.4 Å². The molecule has 3 heterocycles. The largest absolute Gasteiger partial charge is 0.507 e.